The van der Waals surface area contributed by atoms with Gasteiger partial charge in [0.2, 0.25) is 5.91 Å². The second kappa shape index (κ2) is 8.40. The van der Waals surface area contributed by atoms with Gasteiger partial charge < -0.3 is 5.32 Å². The summed E-state index contributed by atoms with van der Waals surface area (Å²) in [5.74, 6) is 0.398. The summed E-state index contributed by atoms with van der Waals surface area (Å²) >= 11 is 3.17. The third kappa shape index (κ3) is 4.17. The normalized spacial score (nSPS) is 13.5. The van der Waals surface area contributed by atoms with Crippen LogP contribution in [0, 0.1) is 13.8 Å². The molecule has 3 aromatic rings. The van der Waals surface area contributed by atoms with Crippen LogP contribution in [0.4, 0.5) is 5.69 Å². The van der Waals surface area contributed by atoms with Crippen LogP contribution in [-0.4, -0.2) is 21.1 Å². The van der Waals surface area contributed by atoms with E-state index in [9.17, 15) is 4.79 Å². The third-order valence-corrected chi connectivity index (χ3v) is 7.17. The Morgan fingerprint density at radius 1 is 1.22 bits per heavy atom. The molecule has 1 N–H and O–H groups in total. The van der Waals surface area contributed by atoms with Crippen molar-refractivity contribution in [3.63, 3.8) is 0 Å². The standard InChI is InChI=1S/C21H25N3OS2/c1-6-12(2)16-9-7-8-10-17(16)24-19(25)15(5)27-21-18-13(3)14(4)26-20(18)22-11-23-21/h7-12,15H,6H2,1-5H3,(H,24,25)/t12-,15-/m0/s1. The molecule has 0 saturated carbocycles. The van der Waals surface area contributed by atoms with Crippen molar-refractivity contribution in [3.8, 4) is 0 Å². The van der Waals surface area contributed by atoms with Gasteiger partial charge in [-0.2, -0.15) is 0 Å². The SMILES string of the molecule is CC[C@H](C)c1ccccc1NC(=O)[C@H](C)Sc1ncnc2sc(C)c(C)c12. The highest BCUT2D eigenvalue weighted by molar-refractivity contribution is 8.00. The number of fused-ring (bicyclic) bond motifs is 1. The molecule has 142 valence electrons. The number of carbonyl (C=O) groups excluding carboxylic acids is 1. The quantitative estimate of drug-likeness (QED) is 0.411. The van der Waals surface area contributed by atoms with Crippen molar-refractivity contribution in [2.45, 2.75) is 57.2 Å². The highest BCUT2D eigenvalue weighted by Gasteiger charge is 2.20. The molecule has 2 heterocycles. The van der Waals surface area contributed by atoms with Gasteiger partial charge in [-0.15, -0.1) is 11.3 Å². The molecule has 1 amide bonds. The Morgan fingerprint density at radius 2 is 1.96 bits per heavy atom. The highest BCUT2D eigenvalue weighted by atomic mass is 32.2. The number of anilines is 1. The van der Waals surface area contributed by atoms with Gasteiger partial charge >= 0.3 is 0 Å². The van der Waals surface area contributed by atoms with E-state index in [-0.39, 0.29) is 11.2 Å². The predicted molar refractivity (Wildman–Crippen MR) is 116 cm³/mol. The highest BCUT2D eigenvalue weighted by Crippen LogP contribution is 2.36. The number of para-hydroxylation sites is 1. The Bertz CT molecular complexity index is 967. The Kier molecular flexibility index (Phi) is 6.17. The van der Waals surface area contributed by atoms with E-state index in [1.165, 1.54) is 27.8 Å². The Hall–Kier alpha value is -1.92. The van der Waals surface area contributed by atoms with Gasteiger partial charge in [0.05, 0.1) is 5.25 Å². The average molecular weight is 400 g/mol. The number of thioether (sulfide) groups is 1. The van der Waals surface area contributed by atoms with Crippen LogP contribution in [0.15, 0.2) is 35.6 Å². The lowest BCUT2D eigenvalue weighted by molar-refractivity contribution is -0.115. The zero-order valence-electron chi connectivity index (χ0n) is 16.4. The molecule has 2 aromatic heterocycles. The van der Waals surface area contributed by atoms with E-state index in [1.807, 2.05) is 25.1 Å². The van der Waals surface area contributed by atoms with Crippen molar-refractivity contribution in [2.24, 2.45) is 0 Å². The number of hydrogen-bond donors (Lipinski definition) is 1. The molecule has 0 aliphatic carbocycles. The van der Waals surface area contributed by atoms with E-state index in [0.29, 0.717) is 5.92 Å². The maximum absolute atomic E-state index is 12.8. The van der Waals surface area contributed by atoms with Crippen LogP contribution in [0.5, 0.6) is 0 Å². The second-order valence-corrected chi connectivity index (χ2v) is 9.32. The molecule has 0 bridgehead atoms. The van der Waals surface area contributed by atoms with Crippen LogP contribution in [0.2, 0.25) is 0 Å². The molecule has 3 rings (SSSR count). The number of aryl methyl sites for hydroxylation is 2. The van der Waals surface area contributed by atoms with E-state index in [0.717, 1.165) is 27.4 Å². The molecule has 27 heavy (non-hydrogen) atoms. The summed E-state index contributed by atoms with van der Waals surface area (Å²) < 4.78 is 0. The lowest BCUT2D eigenvalue weighted by atomic mass is 9.97. The minimum atomic E-state index is -0.257. The summed E-state index contributed by atoms with van der Waals surface area (Å²) in [6.07, 6.45) is 2.62. The monoisotopic (exact) mass is 399 g/mol. The third-order valence-electron chi connectivity index (χ3n) is 4.95. The van der Waals surface area contributed by atoms with Crippen LogP contribution in [0.3, 0.4) is 0 Å². The lowest BCUT2D eigenvalue weighted by Gasteiger charge is -2.17. The first kappa shape index (κ1) is 19.8. The smallest absolute Gasteiger partial charge is 0.237 e. The number of nitrogens with zero attached hydrogens (tertiary/aromatic N) is 2. The molecule has 0 aliphatic rings. The molecular weight excluding hydrogens is 374 g/mol. The largest absolute Gasteiger partial charge is 0.325 e. The van der Waals surface area contributed by atoms with Crippen LogP contribution in [0.1, 0.15) is 49.1 Å². The van der Waals surface area contributed by atoms with Crippen molar-refractivity contribution in [3.05, 3.63) is 46.6 Å². The number of hydrogen-bond acceptors (Lipinski definition) is 5. The topological polar surface area (TPSA) is 54.9 Å². The minimum Gasteiger partial charge on any atom is -0.325 e. The van der Waals surface area contributed by atoms with E-state index in [2.05, 4.69) is 49.0 Å². The van der Waals surface area contributed by atoms with Crippen molar-refractivity contribution in [1.29, 1.82) is 0 Å². The van der Waals surface area contributed by atoms with Crippen molar-refractivity contribution in [2.75, 3.05) is 5.32 Å². The minimum absolute atomic E-state index is 0.00730. The molecule has 4 nitrogen and oxygen atoms in total. The number of benzene rings is 1. The first-order valence-corrected chi connectivity index (χ1v) is 10.9. The van der Waals surface area contributed by atoms with Crippen molar-refractivity contribution >= 4 is 44.9 Å². The average Bonchev–Trinajstić information content (AvgIpc) is 2.96. The van der Waals surface area contributed by atoms with Crippen LogP contribution in [0.25, 0.3) is 10.2 Å². The van der Waals surface area contributed by atoms with Gasteiger partial charge in [0.25, 0.3) is 0 Å². The van der Waals surface area contributed by atoms with Gasteiger partial charge in [-0.25, -0.2) is 9.97 Å². The van der Waals surface area contributed by atoms with Crippen molar-refractivity contribution < 1.29 is 4.79 Å². The van der Waals surface area contributed by atoms with E-state index in [1.54, 1.807) is 17.7 Å². The summed E-state index contributed by atoms with van der Waals surface area (Å²) in [4.78, 5) is 23.9. The Balaban J connectivity index is 1.80. The van der Waals surface area contributed by atoms with Crippen LogP contribution in [-0.2, 0) is 4.79 Å². The fourth-order valence-corrected chi connectivity index (χ4v) is 4.99. The maximum Gasteiger partial charge on any atom is 0.237 e. The van der Waals surface area contributed by atoms with E-state index >= 15 is 0 Å². The van der Waals surface area contributed by atoms with Gasteiger partial charge in [0.1, 0.15) is 16.2 Å². The molecule has 6 heteroatoms. The predicted octanol–water partition coefficient (Wildman–Crippen LogP) is 5.94. The second-order valence-electron chi connectivity index (χ2n) is 6.79. The van der Waals surface area contributed by atoms with E-state index in [4.69, 9.17) is 0 Å². The molecule has 1 aromatic carbocycles. The zero-order chi connectivity index (χ0) is 19.6. The first-order valence-electron chi connectivity index (χ1n) is 9.19. The fraction of sp³-hybridized carbons (Fsp3) is 0.381. The zero-order valence-corrected chi connectivity index (χ0v) is 18.0. The summed E-state index contributed by atoms with van der Waals surface area (Å²) in [5.41, 5.74) is 3.28. The number of rotatable bonds is 6. The summed E-state index contributed by atoms with van der Waals surface area (Å²) in [6, 6.07) is 8.05. The number of nitrogens with one attached hydrogen (secondary N) is 1. The Morgan fingerprint density at radius 3 is 2.70 bits per heavy atom. The van der Waals surface area contributed by atoms with E-state index < -0.39 is 0 Å². The summed E-state index contributed by atoms with van der Waals surface area (Å²) in [5, 5.41) is 4.80. The molecule has 0 radical (unpaired) electrons. The maximum atomic E-state index is 12.8. The number of thiophene rings is 1. The Labute approximate surface area is 168 Å². The molecule has 0 saturated heterocycles. The van der Waals surface area contributed by atoms with Gasteiger partial charge in [-0.05, 0) is 50.3 Å². The van der Waals surface area contributed by atoms with Gasteiger partial charge in [0.15, 0.2) is 0 Å². The van der Waals surface area contributed by atoms with Gasteiger partial charge in [0, 0.05) is 16.0 Å². The first-order chi connectivity index (χ1) is 12.9. The van der Waals surface area contributed by atoms with Gasteiger partial charge in [-0.3, -0.25) is 4.79 Å². The molecule has 0 unspecified atom stereocenters. The van der Waals surface area contributed by atoms with Crippen molar-refractivity contribution in [1.82, 2.24) is 9.97 Å². The number of carbonyl (C=O) groups is 1. The van der Waals surface area contributed by atoms with Gasteiger partial charge in [-0.1, -0.05) is 43.8 Å². The number of aromatic nitrogens is 2. The molecule has 0 fully saturated rings. The van der Waals surface area contributed by atoms with Crippen LogP contribution >= 0.6 is 23.1 Å². The fourth-order valence-electron chi connectivity index (χ4n) is 2.96. The number of amides is 1. The lowest BCUT2D eigenvalue weighted by Crippen LogP contribution is -2.23. The summed E-state index contributed by atoms with van der Waals surface area (Å²) in [7, 11) is 0. The summed E-state index contributed by atoms with van der Waals surface area (Å²) in [6.45, 7) is 10.5. The molecular formula is C21H25N3OS2. The van der Waals surface area contributed by atoms with Crippen LogP contribution < -0.4 is 5.32 Å². The molecule has 0 aliphatic heterocycles. The molecule has 0 spiro atoms. The molecule has 2 atom stereocenters.